The minimum atomic E-state index is -0.304. The molecule has 0 bridgehead atoms. The van der Waals surface area contributed by atoms with Crippen LogP contribution in [-0.2, 0) is 4.79 Å². The van der Waals surface area contributed by atoms with E-state index in [4.69, 9.17) is 0 Å². The summed E-state index contributed by atoms with van der Waals surface area (Å²) in [6.07, 6.45) is 0.465. The number of hydrogen-bond acceptors (Lipinski definition) is 3. The van der Waals surface area contributed by atoms with Crippen molar-refractivity contribution in [3.8, 4) is 0 Å². The van der Waals surface area contributed by atoms with Crippen molar-refractivity contribution in [1.29, 1.82) is 0 Å². The molecule has 2 amide bonds. The average molecular weight is 416 g/mol. The molecule has 2 aromatic rings. The van der Waals surface area contributed by atoms with E-state index in [1.165, 1.54) is 0 Å². The zero-order valence-electron chi connectivity index (χ0n) is 15.0. The highest BCUT2D eigenvalue weighted by molar-refractivity contribution is 9.10. The molecule has 0 unspecified atom stereocenters. The third-order valence-corrected chi connectivity index (χ3v) is 4.14. The number of anilines is 1. The van der Waals surface area contributed by atoms with E-state index < -0.39 is 0 Å². The number of hydrogen-bond donors (Lipinski definition) is 2. The van der Waals surface area contributed by atoms with E-state index in [0.29, 0.717) is 29.3 Å². The van der Waals surface area contributed by atoms with Crippen molar-refractivity contribution in [3.63, 3.8) is 0 Å². The monoisotopic (exact) mass is 415 g/mol. The Morgan fingerprint density at radius 2 is 1.58 bits per heavy atom. The molecule has 136 valence electrons. The molecule has 0 aliphatic carbocycles. The van der Waals surface area contributed by atoms with Crippen LogP contribution in [0.3, 0.4) is 0 Å². The number of halogens is 1. The second kappa shape index (κ2) is 9.29. The first-order chi connectivity index (χ1) is 12.3. The van der Waals surface area contributed by atoms with Gasteiger partial charge in [-0.3, -0.25) is 9.59 Å². The third-order valence-electron chi connectivity index (χ3n) is 3.61. The lowest BCUT2D eigenvalue weighted by Crippen LogP contribution is -2.19. The van der Waals surface area contributed by atoms with Gasteiger partial charge >= 0.3 is 0 Å². The van der Waals surface area contributed by atoms with E-state index >= 15 is 0 Å². The molecule has 0 heterocycles. The minimum Gasteiger partial charge on any atom is -0.326 e. The van der Waals surface area contributed by atoms with Crippen molar-refractivity contribution in [2.45, 2.75) is 27.2 Å². The van der Waals surface area contributed by atoms with Crippen LogP contribution >= 0.6 is 15.9 Å². The second-order valence-corrected chi connectivity index (χ2v) is 7.28. The number of nitrogens with zero attached hydrogens (tertiary/aromatic N) is 1. The van der Waals surface area contributed by atoms with E-state index in [0.717, 1.165) is 10.0 Å². The fourth-order valence-electron chi connectivity index (χ4n) is 2.24. The van der Waals surface area contributed by atoms with E-state index in [1.807, 2.05) is 45.0 Å². The minimum absolute atomic E-state index is 0.0353. The summed E-state index contributed by atoms with van der Waals surface area (Å²) in [6, 6.07) is 14.4. The van der Waals surface area contributed by atoms with E-state index in [9.17, 15) is 9.59 Å². The number of rotatable bonds is 6. The SMILES string of the molecule is C/C(=N\NC(=O)c1ccc(NC(=O)CC(C)C)cc1)c1ccc(Br)cc1. The van der Waals surface area contributed by atoms with Crippen molar-refractivity contribution >= 4 is 39.1 Å². The lowest BCUT2D eigenvalue weighted by Gasteiger charge is -2.08. The topological polar surface area (TPSA) is 70.6 Å². The molecule has 0 spiro atoms. The van der Waals surface area contributed by atoms with Crippen LogP contribution < -0.4 is 10.7 Å². The fourth-order valence-corrected chi connectivity index (χ4v) is 2.51. The normalized spacial score (nSPS) is 11.3. The smallest absolute Gasteiger partial charge is 0.271 e. The van der Waals surface area contributed by atoms with Crippen LogP contribution in [-0.4, -0.2) is 17.5 Å². The van der Waals surface area contributed by atoms with Crippen LogP contribution in [0.15, 0.2) is 58.1 Å². The van der Waals surface area contributed by atoms with Crippen LogP contribution in [0.4, 0.5) is 5.69 Å². The Balaban J connectivity index is 1.96. The highest BCUT2D eigenvalue weighted by Crippen LogP contribution is 2.12. The van der Waals surface area contributed by atoms with Gasteiger partial charge in [-0.25, -0.2) is 5.43 Å². The second-order valence-electron chi connectivity index (χ2n) is 6.37. The molecule has 0 saturated carbocycles. The summed E-state index contributed by atoms with van der Waals surface area (Å²) < 4.78 is 0.985. The van der Waals surface area contributed by atoms with Gasteiger partial charge in [-0.1, -0.05) is 41.9 Å². The molecule has 2 aromatic carbocycles. The van der Waals surface area contributed by atoms with Crippen LogP contribution in [0.25, 0.3) is 0 Å². The first-order valence-electron chi connectivity index (χ1n) is 8.35. The van der Waals surface area contributed by atoms with Crippen LogP contribution in [0, 0.1) is 5.92 Å². The molecule has 0 aliphatic rings. The fraction of sp³-hybridized carbons (Fsp3) is 0.250. The molecule has 6 heteroatoms. The molecule has 5 nitrogen and oxygen atoms in total. The van der Waals surface area contributed by atoms with E-state index in [-0.39, 0.29) is 11.8 Å². The van der Waals surface area contributed by atoms with Crippen molar-refractivity contribution in [2.75, 3.05) is 5.32 Å². The van der Waals surface area contributed by atoms with Gasteiger partial charge in [0.25, 0.3) is 5.91 Å². The average Bonchev–Trinajstić information content (AvgIpc) is 2.60. The molecular weight excluding hydrogens is 394 g/mol. The quantitative estimate of drug-likeness (QED) is 0.534. The Kier molecular flexibility index (Phi) is 7.09. The van der Waals surface area contributed by atoms with Crippen molar-refractivity contribution in [2.24, 2.45) is 11.0 Å². The molecule has 0 radical (unpaired) electrons. The van der Waals surface area contributed by atoms with Gasteiger partial charge in [0.05, 0.1) is 5.71 Å². The van der Waals surface area contributed by atoms with Crippen LogP contribution in [0.1, 0.15) is 43.1 Å². The summed E-state index contributed by atoms with van der Waals surface area (Å²) >= 11 is 3.38. The first-order valence-corrected chi connectivity index (χ1v) is 9.15. The third kappa shape index (κ3) is 6.11. The van der Waals surface area contributed by atoms with Crippen molar-refractivity contribution < 1.29 is 9.59 Å². The van der Waals surface area contributed by atoms with Crippen LogP contribution in [0.2, 0.25) is 0 Å². The number of carbonyl (C=O) groups excluding carboxylic acids is 2. The number of benzene rings is 2. The molecule has 2 rings (SSSR count). The number of amides is 2. The molecule has 26 heavy (non-hydrogen) atoms. The van der Waals surface area contributed by atoms with Gasteiger partial charge in [-0.2, -0.15) is 5.10 Å². The predicted molar refractivity (Wildman–Crippen MR) is 108 cm³/mol. The lowest BCUT2D eigenvalue weighted by molar-refractivity contribution is -0.116. The summed E-state index contributed by atoms with van der Waals surface area (Å²) in [6.45, 7) is 5.81. The number of nitrogens with one attached hydrogen (secondary N) is 2. The van der Waals surface area contributed by atoms with E-state index in [2.05, 4.69) is 31.8 Å². The van der Waals surface area contributed by atoms with Gasteiger partial charge in [0.2, 0.25) is 5.91 Å². The Hall–Kier alpha value is -2.47. The Bertz CT molecular complexity index is 797. The first kappa shape index (κ1) is 19.8. The molecular formula is C20H22BrN3O2. The van der Waals surface area contributed by atoms with Gasteiger partial charge in [-0.15, -0.1) is 0 Å². The maximum Gasteiger partial charge on any atom is 0.271 e. The number of carbonyl (C=O) groups is 2. The van der Waals surface area contributed by atoms with Crippen molar-refractivity contribution in [1.82, 2.24) is 5.43 Å². The lowest BCUT2D eigenvalue weighted by atomic mass is 10.1. The molecule has 0 aromatic heterocycles. The van der Waals surface area contributed by atoms with E-state index in [1.54, 1.807) is 24.3 Å². The molecule has 0 atom stereocenters. The predicted octanol–water partition coefficient (Wildman–Crippen LogP) is 4.59. The van der Waals surface area contributed by atoms with Gasteiger partial charge in [-0.05, 0) is 54.8 Å². The standard InChI is InChI=1S/C20H22BrN3O2/c1-13(2)12-19(25)22-18-10-6-16(7-11-18)20(26)24-23-14(3)15-4-8-17(21)9-5-15/h4-11,13H,12H2,1-3H3,(H,22,25)(H,24,26)/b23-14+. The maximum absolute atomic E-state index is 12.2. The Morgan fingerprint density at radius 1 is 1.00 bits per heavy atom. The van der Waals surface area contributed by atoms with Gasteiger partial charge in [0.1, 0.15) is 0 Å². The molecule has 2 N–H and O–H groups in total. The summed E-state index contributed by atoms with van der Waals surface area (Å²) in [5.74, 6) is -0.0414. The van der Waals surface area contributed by atoms with Gasteiger partial charge < -0.3 is 5.32 Å². The zero-order chi connectivity index (χ0) is 19.1. The molecule has 0 saturated heterocycles. The largest absolute Gasteiger partial charge is 0.326 e. The number of hydrazone groups is 1. The summed E-state index contributed by atoms with van der Waals surface area (Å²) in [4.78, 5) is 24.0. The Morgan fingerprint density at radius 3 is 2.15 bits per heavy atom. The van der Waals surface area contributed by atoms with Crippen LogP contribution in [0.5, 0.6) is 0 Å². The maximum atomic E-state index is 12.2. The molecule has 0 fully saturated rings. The van der Waals surface area contributed by atoms with Gasteiger partial charge in [0.15, 0.2) is 0 Å². The van der Waals surface area contributed by atoms with Crippen molar-refractivity contribution in [3.05, 3.63) is 64.1 Å². The van der Waals surface area contributed by atoms with Gasteiger partial charge in [0, 0.05) is 22.1 Å². The summed E-state index contributed by atoms with van der Waals surface area (Å²) in [7, 11) is 0. The zero-order valence-corrected chi connectivity index (χ0v) is 16.6. The molecule has 0 aliphatic heterocycles. The summed E-state index contributed by atoms with van der Waals surface area (Å²) in [5.41, 5.74) is 5.33. The Labute approximate surface area is 162 Å². The summed E-state index contributed by atoms with van der Waals surface area (Å²) in [5, 5.41) is 6.95. The highest BCUT2D eigenvalue weighted by Gasteiger charge is 2.08. The highest BCUT2D eigenvalue weighted by atomic mass is 79.9.